The van der Waals surface area contributed by atoms with Crippen LogP contribution in [0.3, 0.4) is 0 Å². The molecule has 100 valence electrons. The Morgan fingerprint density at radius 1 is 1.37 bits per heavy atom. The second kappa shape index (κ2) is 5.99. The predicted octanol–water partition coefficient (Wildman–Crippen LogP) is 1.87. The Hall–Kier alpha value is -2.37. The molecule has 6 heteroatoms. The Morgan fingerprint density at radius 2 is 2.21 bits per heavy atom. The maximum absolute atomic E-state index is 11.0. The number of hydrogen-bond donors (Lipinski definition) is 1. The number of nitrogens with zero attached hydrogens (tertiary/aromatic N) is 2. The second-order valence-electron chi connectivity index (χ2n) is 4.00. The number of aromatic nitrogens is 3. The topological polar surface area (TPSA) is 77.1 Å². The first kappa shape index (κ1) is 13.1. The van der Waals surface area contributed by atoms with Crippen LogP contribution in [0.1, 0.15) is 25.1 Å². The van der Waals surface area contributed by atoms with Crippen LogP contribution < -0.4 is 9.47 Å². The van der Waals surface area contributed by atoms with Crippen LogP contribution in [0, 0.1) is 0 Å². The monoisotopic (exact) mass is 261 g/mol. The molecule has 0 saturated heterocycles. The van der Waals surface area contributed by atoms with Crippen LogP contribution in [0.25, 0.3) is 0 Å². The minimum absolute atomic E-state index is 0.286. The molecule has 0 aliphatic carbocycles. The van der Waals surface area contributed by atoms with E-state index in [2.05, 4.69) is 15.4 Å². The molecule has 0 spiro atoms. The van der Waals surface area contributed by atoms with E-state index in [-0.39, 0.29) is 12.6 Å². The maximum atomic E-state index is 11.0. The molecule has 0 aliphatic heterocycles. The molecule has 1 heterocycles. The average molecular weight is 261 g/mol. The van der Waals surface area contributed by atoms with Gasteiger partial charge in [0.15, 0.2) is 11.5 Å². The Labute approximate surface area is 110 Å². The first-order chi connectivity index (χ1) is 9.19. The lowest BCUT2D eigenvalue weighted by Crippen LogP contribution is -2.05. The van der Waals surface area contributed by atoms with Gasteiger partial charge in [-0.15, -0.1) is 5.10 Å². The SMILES string of the molecule is CCc1ccc(OC(C)=O)c(OCc2cnn[nH]2)c1. The van der Waals surface area contributed by atoms with Gasteiger partial charge in [-0.1, -0.05) is 18.2 Å². The van der Waals surface area contributed by atoms with E-state index in [1.807, 2.05) is 19.1 Å². The van der Waals surface area contributed by atoms with Crippen LogP contribution in [0.4, 0.5) is 0 Å². The van der Waals surface area contributed by atoms with Gasteiger partial charge in [-0.05, 0) is 24.1 Å². The van der Waals surface area contributed by atoms with Gasteiger partial charge >= 0.3 is 5.97 Å². The highest BCUT2D eigenvalue weighted by Crippen LogP contribution is 2.29. The number of carbonyl (C=O) groups excluding carboxylic acids is 1. The van der Waals surface area contributed by atoms with Crippen LogP contribution in [0.5, 0.6) is 11.5 Å². The van der Waals surface area contributed by atoms with Crippen molar-refractivity contribution in [2.24, 2.45) is 0 Å². The van der Waals surface area contributed by atoms with E-state index < -0.39 is 0 Å². The quantitative estimate of drug-likeness (QED) is 0.656. The molecule has 0 unspecified atom stereocenters. The summed E-state index contributed by atoms with van der Waals surface area (Å²) >= 11 is 0. The minimum atomic E-state index is -0.377. The van der Waals surface area contributed by atoms with Crippen molar-refractivity contribution in [1.29, 1.82) is 0 Å². The van der Waals surface area contributed by atoms with Crippen LogP contribution in [-0.4, -0.2) is 21.4 Å². The number of nitrogens with one attached hydrogen (secondary N) is 1. The van der Waals surface area contributed by atoms with E-state index in [9.17, 15) is 4.79 Å². The first-order valence-corrected chi connectivity index (χ1v) is 5.98. The summed E-state index contributed by atoms with van der Waals surface area (Å²) < 4.78 is 10.7. The summed E-state index contributed by atoms with van der Waals surface area (Å²) in [6.45, 7) is 3.69. The zero-order chi connectivity index (χ0) is 13.7. The summed E-state index contributed by atoms with van der Waals surface area (Å²) in [6, 6.07) is 5.51. The molecule has 0 saturated carbocycles. The number of H-pyrrole nitrogens is 1. The average Bonchev–Trinajstić information content (AvgIpc) is 2.90. The number of aryl methyl sites for hydroxylation is 1. The molecule has 6 nitrogen and oxygen atoms in total. The lowest BCUT2D eigenvalue weighted by Gasteiger charge is -2.11. The molecular weight excluding hydrogens is 246 g/mol. The normalized spacial score (nSPS) is 10.2. The number of aromatic amines is 1. The van der Waals surface area contributed by atoms with Gasteiger partial charge in [-0.2, -0.15) is 0 Å². The Bertz CT molecular complexity index is 552. The van der Waals surface area contributed by atoms with Crippen molar-refractivity contribution < 1.29 is 14.3 Å². The zero-order valence-electron chi connectivity index (χ0n) is 10.8. The fourth-order valence-electron chi connectivity index (χ4n) is 1.57. The Kier molecular flexibility index (Phi) is 4.12. The molecule has 1 N–H and O–H groups in total. The van der Waals surface area contributed by atoms with Crippen molar-refractivity contribution in [3.05, 3.63) is 35.7 Å². The third-order valence-electron chi connectivity index (χ3n) is 2.52. The summed E-state index contributed by atoms with van der Waals surface area (Å²) in [4.78, 5) is 11.0. The fraction of sp³-hybridized carbons (Fsp3) is 0.308. The minimum Gasteiger partial charge on any atom is -0.483 e. The number of ether oxygens (including phenoxy) is 2. The molecule has 0 aliphatic rings. The van der Waals surface area contributed by atoms with Crippen LogP contribution in [0.15, 0.2) is 24.4 Å². The molecule has 0 atom stereocenters. The van der Waals surface area contributed by atoms with Crippen LogP contribution >= 0.6 is 0 Å². The number of hydrogen-bond acceptors (Lipinski definition) is 5. The molecule has 1 aromatic heterocycles. The van der Waals surface area contributed by atoms with Crippen LogP contribution in [-0.2, 0) is 17.8 Å². The van der Waals surface area contributed by atoms with Gasteiger partial charge < -0.3 is 9.47 Å². The van der Waals surface area contributed by atoms with Crippen molar-refractivity contribution in [3.8, 4) is 11.5 Å². The van der Waals surface area contributed by atoms with Gasteiger partial charge in [0.1, 0.15) is 6.61 Å². The fourth-order valence-corrected chi connectivity index (χ4v) is 1.57. The van der Waals surface area contributed by atoms with E-state index in [4.69, 9.17) is 9.47 Å². The molecule has 1 aromatic carbocycles. The van der Waals surface area contributed by atoms with Gasteiger partial charge in [0.2, 0.25) is 0 Å². The zero-order valence-corrected chi connectivity index (χ0v) is 10.8. The number of esters is 1. The second-order valence-corrected chi connectivity index (χ2v) is 4.00. The molecule has 0 fully saturated rings. The third kappa shape index (κ3) is 3.54. The van der Waals surface area contributed by atoms with Crippen molar-refractivity contribution in [3.63, 3.8) is 0 Å². The number of benzene rings is 1. The highest BCUT2D eigenvalue weighted by Gasteiger charge is 2.09. The van der Waals surface area contributed by atoms with E-state index in [0.717, 1.165) is 17.7 Å². The highest BCUT2D eigenvalue weighted by molar-refractivity contribution is 5.70. The summed E-state index contributed by atoms with van der Waals surface area (Å²) in [6.07, 6.45) is 2.46. The molecule has 0 radical (unpaired) electrons. The summed E-state index contributed by atoms with van der Waals surface area (Å²) in [5.74, 6) is 0.568. The van der Waals surface area contributed by atoms with Gasteiger partial charge in [-0.3, -0.25) is 9.89 Å². The Balaban J connectivity index is 2.16. The summed E-state index contributed by atoms with van der Waals surface area (Å²) in [7, 11) is 0. The molecular formula is C13H15N3O3. The van der Waals surface area contributed by atoms with Crippen molar-refractivity contribution in [2.75, 3.05) is 0 Å². The summed E-state index contributed by atoms with van der Waals surface area (Å²) in [5, 5.41) is 9.97. The summed E-state index contributed by atoms with van der Waals surface area (Å²) in [5.41, 5.74) is 1.85. The van der Waals surface area contributed by atoms with Crippen molar-refractivity contribution >= 4 is 5.97 Å². The van der Waals surface area contributed by atoms with E-state index in [1.54, 1.807) is 12.3 Å². The van der Waals surface area contributed by atoms with Crippen molar-refractivity contribution in [1.82, 2.24) is 15.4 Å². The molecule has 2 aromatic rings. The number of carbonyl (C=O) groups is 1. The largest absolute Gasteiger partial charge is 0.483 e. The van der Waals surface area contributed by atoms with Crippen molar-refractivity contribution in [2.45, 2.75) is 26.9 Å². The van der Waals surface area contributed by atoms with E-state index in [0.29, 0.717) is 11.5 Å². The van der Waals surface area contributed by atoms with Gasteiger partial charge in [0, 0.05) is 6.92 Å². The lowest BCUT2D eigenvalue weighted by atomic mass is 10.1. The number of rotatable bonds is 5. The molecule has 2 rings (SSSR count). The first-order valence-electron chi connectivity index (χ1n) is 5.98. The van der Waals surface area contributed by atoms with Gasteiger partial charge in [-0.25, -0.2) is 0 Å². The Morgan fingerprint density at radius 3 is 2.84 bits per heavy atom. The molecule has 19 heavy (non-hydrogen) atoms. The van der Waals surface area contributed by atoms with Gasteiger partial charge in [0.05, 0.1) is 11.9 Å². The van der Waals surface area contributed by atoms with Gasteiger partial charge in [0.25, 0.3) is 0 Å². The van der Waals surface area contributed by atoms with Crippen LogP contribution in [0.2, 0.25) is 0 Å². The highest BCUT2D eigenvalue weighted by atomic mass is 16.6. The smallest absolute Gasteiger partial charge is 0.308 e. The third-order valence-corrected chi connectivity index (χ3v) is 2.52. The van der Waals surface area contributed by atoms with E-state index >= 15 is 0 Å². The predicted molar refractivity (Wildman–Crippen MR) is 67.8 cm³/mol. The molecule has 0 bridgehead atoms. The standard InChI is InChI=1S/C13H15N3O3/c1-3-10-4-5-12(19-9(2)17)13(6-10)18-8-11-7-14-16-15-11/h4-7H,3,8H2,1-2H3,(H,14,15,16). The lowest BCUT2D eigenvalue weighted by molar-refractivity contribution is -0.132. The maximum Gasteiger partial charge on any atom is 0.308 e. The molecule has 0 amide bonds. The van der Waals surface area contributed by atoms with E-state index in [1.165, 1.54) is 6.92 Å².